The minimum absolute atomic E-state index is 0.0928. The fraction of sp³-hybridized carbons (Fsp3) is 0.316. The van der Waals surface area contributed by atoms with Crippen LogP contribution in [0, 0.1) is 6.92 Å². The molecule has 1 N–H and O–H groups in total. The van der Waals surface area contributed by atoms with Crippen LogP contribution < -0.4 is 10.1 Å². The second-order valence-corrected chi connectivity index (χ2v) is 5.77. The van der Waals surface area contributed by atoms with E-state index in [-0.39, 0.29) is 6.10 Å². The van der Waals surface area contributed by atoms with Gasteiger partial charge in [0.25, 0.3) is 0 Å². The highest BCUT2D eigenvalue weighted by Gasteiger charge is 2.22. The van der Waals surface area contributed by atoms with Crippen LogP contribution >= 0.6 is 0 Å². The normalized spacial score (nSPS) is 16.8. The Morgan fingerprint density at radius 3 is 2.91 bits per heavy atom. The van der Waals surface area contributed by atoms with E-state index < -0.39 is 0 Å². The molecule has 0 spiro atoms. The molecule has 2 aromatic rings. The van der Waals surface area contributed by atoms with Crippen LogP contribution in [0.5, 0.6) is 5.75 Å². The number of rotatable bonds is 6. The van der Waals surface area contributed by atoms with Crippen molar-refractivity contribution in [3.05, 3.63) is 65.2 Å². The Labute approximate surface area is 137 Å². The minimum atomic E-state index is 0.0928. The molecule has 23 heavy (non-hydrogen) atoms. The van der Waals surface area contributed by atoms with Gasteiger partial charge in [-0.2, -0.15) is 0 Å². The molecule has 1 unspecified atom stereocenters. The van der Waals surface area contributed by atoms with Crippen molar-refractivity contribution in [2.75, 3.05) is 13.7 Å². The lowest BCUT2D eigenvalue weighted by atomic mass is 10.0. The summed E-state index contributed by atoms with van der Waals surface area (Å²) < 4.78 is 5.24. The third kappa shape index (κ3) is 3.90. The van der Waals surface area contributed by atoms with Gasteiger partial charge in [-0.25, -0.2) is 0 Å². The number of ether oxygens (including phenoxy) is 1. The fourth-order valence-electron chi connectivity index (χ4n) is 2.75. The van der Waals surface area contributed by atoms with Crippen molar-refractivity contribution in [1.29, 1.82) is 0 Å². The smallest absolute Gasteiger partial charge is 0.145 e. The minimum Gasteiger partial charge on any atom is -0.497 e. The molecule has 0 radical (unpaired) electrons. The van der Waals surface area contributed by atoms with Crippen LogP contribution in [0.15, 0.2) is 53.7 Å². The lowest BCUT2D eigenvalue weighted by Crippen LogP contribution is -2.26. The molecule has 1 aliphatic rings. The van der Waals surface area contributed by atoms with Crippen LogP contribution in [0.3, 0.4) is 0 Å². The van der Waals surface area contributed by atoms with Gasteiger partial charge in [-0.15, -0.1) is 0 Å². The maximum Gasteiger partial charge on any atom is 0.145 e. The number of benzene rings is 2. The molecule has 0 amide bonds. The van der Waals surface area contributed by atoms with Crippen molar-refractivity contribution >= 4 is 5.71 Å². The number of methoxy groups -OCH3 is 1. The monoisotopic (exact) mass is 310 g/mol. The maximum atomic E-state index is 5.56. The fourth-order valence-corrected chi connectivity index (χ4v) is 2.75. The molecule has 1 atom stereocenters. The quantitative estimate of drug-likeness (QED) is 0.890. The topological polar surface area (TPSA) is 42.8 Å². The van der Waals surface area contributed by atoms with E-state index in [9.17, 15) is 0 Å². The predicted octanol–water partition coefficient (Wildman–Crippen LogP) is 3.29. The molecule has 4 nitrogen and oxygen atoms in total. The molecule has 0 aromatic heterocycles. The Kier molecular flexibility index (Phi) is 4.93. The summed E-state index contributed by atoms with van der Waals surface area (Å²) in [6.07, 6.45) is 0.936. The van der Waals surface area contributed by atoms with E-state index in [4.69, 9.17) is 9.57 Å². The summed E-state index contributed by atoms with van der Waals surface area (Å²) >= 11 is 0. The van der Waals surface area contributed by atoms with Gasteiger partial charge < -0.3 is 14.9 Å². The summed E-state index contributed by atoms with van der Waals surface area (Å²) in [7, 11) is 1.68. The Morgan fingerprint density at radius 2 is 2.09 bits per heavy atom. The average Bonchev–Trinajstić information content (AvgIpc) is 3.04. The van der Waals surface area contributed by atoms with Crippen LogP contribution in [0.2, 0.25) is 0 Å². The standard InChI is InChI=1S/C19H22N2O2/c1-14-6-3-4-9-18(14)19-11-17(23-21-19)13-20-12-15-7-5-8-16(10-15)22-2/h3-10,17,20H,11-13H2,1-2H3. The van der Waals surface area contributed by atoms with Gasteiger partial charge >= 0.3 is 0 Å². The van der Waals surface area contributed by atoms with E-state index in [2.05, 4.69) is 35.6 Å². The Hall–Kier alpha value is -2.33. The number of aryl methyl sites for hydroxylation is 1. The van der Waals surface area contributed by atoms with Gasteiger partial charge in [0.2, 0.25) is 0 Å². The molecule has 3 rings (SSSR count). The number of hydrogen-bond donors (Lipinski definition) is 1. The van der Waals surface area contributed by atoms with Crippen molar-refractivity contribution in [1.82, 2.24) is 5.32 Å². The molecule has 0 saturated heterocycles. The van der Waals surface area contributed by atoms with E-state index in [0.717, 1.165) is 31.0 Å². The molecule has 0 fully saturated rings. The van der Waals surface area contributed by atoms with Crippen molar-refractivity contribution in [2.24, 2.45) is 5.16 Å². The van der Waals surface area contributed by atoms with Crippen LogP contribution in [0.1, 0.15) is 23.1 Å². The summed E-state index contributed by atoms with van der Waals surface area (Å²) in [5.74, 6) is 0.881. The third-order valence-electron chi connectivity index (χ3n) is 4.02. The zero-order chi connectivity index (χ0) is 16.1. The van der Waals surface area contributed by atoms with Gasteiger partial charge in [-0.3, -0.25) is 0 Å². The second kappa shape index (κ2) is 7.29. The van der Waals surface area contributed by atoms with Crippen molar-refractivity contribution < 1.29 is 9.57 Å². The molecule has 4 heteroatoms. The number of oxime groups is 1. The summed E-state index contributed by atoms with van der Waals surface area (Å²) in [5, 5.41) is 7.69. The highest BCUT2D eigenvalue weighted by atomic mass is 16.6. The number of hydrogen-bond acceptors (Lipinski definition) is 4. The van der Waals surface area contributed by atoms with E-state index in [1.807, 2.05) is 30.3 Å². The van der Waals surface area contributed by atoms with Gasteiger partial charge in [-0.05, 0) is 30.2 Å². The second-order valence-electron chi connectivity index (χ2n) is 5.77. The summed E-state index contributed by atoms with van der Waals surface area (Å²) in [6, 6.07) is 16.4. The van der Waals surface area contributed by atoms with Gasteiger partial charge in [0.05, 0.1) is 12.8 Å². The Balaban J connectivity index is 1.49. The van der Waals surface area contributed by atoms with E-state index in [1.54, 1.807) is 7.11 Å². The first-order valence-corrected chi connectivity index (χ1v) is 7.88. The van der Waals surface area contributed by atoms with Crippen molar-refractivity contribution in [3.8, 4) is 5.75 Å². The molecular weight excluding hydrogens is 288 g/mol. The molecule has 1 aliphatic heterocycles. The molecule has 1 heterocycles. The summed E-state index contributed by atoms with van der Waals surface area (Å²) in [6.45, 7) is 3.67. The van der Waals surface area contributed by atoms with Gasteiger partial charge in [-0.1, -0.05) is 41.6 Å². The Bertz CT molecular complexity index is 697. The van der Waals surface area contributed by atoms with Gasteiger partial charge in [0.15, 0.2) is 0 Å². The Morgan fingerprint density at radius 1 is 1.22 bits per heavy atom. The maximum absolute atomic E-state index is 5.56. The zero-order valence-corrected chi connectivity index (χ0v) is 13.6. The summed E-state index contributed by atoms with van der Waals surface area (Å²) in [4.78, 5) is 5.56. The SMILES string of the molecule is COc1cccc(CNCC2CC(c3ccccc3C)=NO2)c1. The highest BCUT2D eigenvalue weighted by Crippen LogP contribution is 2.19. The van der Waals surface area contributed by atoms with Crippen LogP contribution in [-0.4, -0.2) is 25.5 Å². The first-order chi connectivity index (χ1) is 11.3. The predicted molar refractivity (Wildman–Crippen MR) is 91.9 cm³/mol. The van der Waals surface area contributed by atoms with E-state index in [0.29, 0.717) is 0 Å². The molecule has 0 bridgehead atoms. The third-order valence-corrected chi connectivity index (χ3v) is 4.02. The van der Waals surface area contributed by atoms with Crippen LogP contribution in [-0.2, 0) is 11.4 Å². The van der Waals surface area contributed by atoms with E-state index >= 15 is 0 Å². The number of nitrogens with zero attached hydrogens (tertiary/aromatic N) is 1. The van der Waals surface area contributed by atoms with Gasteiger partial charge in [0.1, 0.15) is 11.9 Å². The van der Waals surface area contributed by atoms with Crippen molar-refractivity contribution in [3.63, 3.8) is 0 Å². The van der Waals surface area contributed by atoms with Gasteiger partial charge in [0, 0.05) is 25.1 Å². The zero-order valence-electron chi connectivity index (χ0n) is 13.6. The first-order valence-electron chi connectivity index (χ1n) is 7.88. The molecule has 0 saturated carbocycles. The van der Waals surface area contributed by atoms with Crippen molar-refractivity contribution in [2.45, 2.75) is 26.0 Å². The largest absolute Gasteiger partial charge is 0.497 e. The van der Waals surface area contributed by atoms with Crippen LogP contribution in [0.25, 0.3) is 0 Å². The molecule has 0 aliphatic carbocycles. The molecular formula is C19H22N2O2. The summed E-state index contributed by atoms with van der Waals surface area (Å²) in [5.41, 5.74) is 4.65. The average molecular weight is 310 g/mol. The van der Waals surface area contributed by atoms with E-state index in [1.165, 1.54) is 16.7 Å². The van der Waals surface area contributed by atoms with Crippen LogP contribution in [0.4, 0.5) is 0 Å². The first kappa shape index (κ1) is 15.6. The lowest BCUT2D eigenvalue weighted by Gasteiger charge is -2.10. The highest BCUT2D eigenvalue weighted by molar-refractivity contribution is 6.02. The molecule has 2 aromatic carbocycles. The lowest BCUT2D eigenvalue weighted by molar-refractivity contribution is 0.0848. The molecule has 120 valence electrons. The number of nitrogens with one attached hydrogen (secondary N) is 1.